The fourth-order valence-corrected chi connectivity index (χ4v) is 4.50. The molecule has 1 aliphatic carbocycles. The van der Waals surface area contributed by atoms with Crippen LogP contribution in [-0.2, 0) is 0 Å². The average molecular weight is 185 g/mol. The zero-order valence-corrected chi connectivity index (χ0v) is 8.91. The minimum atomic E-state index is 0.483. The number of nitrogens with one attached hydrogen (secondary N) is 1. The minimum Gasteiger partial charge on any atom is -0.302 e. The van der Waals surface area contributed by atoms with E-state index in [-0.39, 0.29) is 0 Å². The van der Waals surface area contributed by atoms with Crippen molar-refractivity contribution in [2.24, 2.45) is 11.8 Å². The third-order valence-electron chi connectivity index (χ3n) is 3.09. The summed E-state index contributed by atoms with van der Waals surface area (Å²) in [7, 11) is 0. The van der Waals surface area contributed by atoms with E-state index in [4.69, 9.17) is 0 Å². The van der Waals surface area contributed by atoms with Crippen LogP contribution in [0.1, 0.15) is 33.1 Å². The minimum absolute atomic E-state index is 0.483. The lowest BCUT2D eigenvalue weighted by molar-refractivity contribution is 0.224. The van der Waals surface area contributed by atoms with E-state index in [0.29, 0.717) is 4.87 Å². The van der Waals surface area contributed by atoms with Gasteiger partial charge in [0.05, 0.1) is 4.87 Å². The van der Waals surface area contributed by atoms with Crippen LogP contribution in [0.15, 0.2) is 0 Å². The van der Waals surface area contributed by atoms with Gasteiger partial charge in [0.15, 0.2) is 0 Å². The maximum absolute atomic E-state index is 3.70. The molecule has 0 aromatic heterocycles. The summed E-state index contributed by atoms with van der Waals surface area (Å²) in [6, 6.07) is 0. The van der Waals surface area contributed by atoms with Crippen molar-refractivity contribution >= 4 is 11.8 Å². The third-order valence-corrected chi connectivity index (χ3v) is 4.53. The molecule has 2 unspecified atom stereocenters. The predicted molar refractivity (Wildman–Crippen MR) is 55.4 cm³/mol. The van der Waals surface area contributed by atoms with Crippen LogP contribution in [0, 0.1) is 11.8 Å². The lowest BCUT2D eigenvalue weighted by Gasteiger charge is -2.39. The summed E-state index contributed by atoms with van der Waals surface area (Å²) in [5.41, 5.74) is 0. The van der Waals surface area contributed by atoms with E-state index in [1.165, 1.54) is 31.6 Å². The monoisotopic (exact) mass is 185 g/mol. The van der Waals surface area contributed by atoms with Crippen LogP contribution < -0.4 is 5.32 Å². The Labute approximate surface area is 79.7 Å². The van der Waals surface area contributed by atoms with E-state index in [1.807, 2.05) is 0 Å². The highest BCUT2D eigenvalue weighted by Gasteiger charge is 2.40. The molecule has 2 aliphatic rings. The molecule has 0 radical (unpaired) electrons. The largest absolute Gasteiger partial charge is 0.302 e. The van der Waals surface area contributed by atoms with Crippen LogP contribution in [0.3, 0.4) is 0 Å². The Morgan fingerprint density at radius 2 is 1.92 bits per heavy atom. The van der Waals surface area contributed by atoms with E-state index < -0.39 is 0 Å². The second kappa shape index (κ2) is 3.22. The highest BCUT2D eigenvalue weighted by Crippen LogP contribution is 2.44. The van der Waals surface area contributed by atoms with Gasteiger partial charge in [-0.15, -0.1) is 11.8 Å². The van der Waals surface area contributed by atoms with E-state index in [2.05, 4.69) is 30.9 Å². The molecule has 0 bridgehead atoms. The maximum atomic E-state index is 3.70. The Hall–Kier alpha value is 0.310. The molecule has 1 spiro atoms. The molecule has 2 atom stereocenters. The lowest BCUT2D eigenvalue weighted by Crippen LogP contribution is -2.43. The molecule has 12 heavy (non-hydrogen) atoms. The number of hydrogen-bond acceptors (Lipinski definition) is 2. The van der Waals surface area contributed by atoms with Gasteiger partial charge in [-0.2, -0.15) is 0 Å². The van der Waals surface area contributed by atoms with Gasteiger partial charge in [0.2, 0.25) is 0 Å². The van der Waals surface area contributed by atoms with Crippen LogP contribution in [0.25, 0.3) is 0 Å². The lowest BCUT2D eigenvalue weighted by atomic mass is 9.80. The first-order valence-electron chi connectivity index (χ1n) is 5.09. The first-order valence-corrected chi connectivity index (χ1v) is 6.08. The average Bonchev–Trinajstić information content (AvgIpc) is 2.33. The van der Waals surface area contributed by atoms with Crippen LogP contribution in [0.4, 0.5) is 0 Å². The van der Waals surface area contributed by atoms with Crippen LogP contribution in [0.5, 0.6) is 0 Å². The van der Waals surface area contributed by atoms with Gasteiger partial charge in [-0.05, 0) is 31.1 Å². The van der Waals surface area contributed by atoms with Crippen molar-refractivity contribution in [3.8, 4) is 0 Å². The van der Waals surface area contributed by atoms with Crippen molar-refractivity contribution in [3.05, 3.63) is 0 Å². The first kappa shape index (κ1) is 8.89. The number of hydrogen-bond donors (Lipinski definition) is 1. The van der Waals surface area contributed by atoms with Crippen molar-refractivity contribution in [1.82, 2.24) is 5.32 Å². The molecular weight excluding hydrogens is 166 g/mol. The van der Waals surface area contributed by atoms with Gasteiger partial charge in [-0.1, -0.05) is 13.8 Å². The van der Waals surface area contributed by atoms with Gasteiger partial charge < -0.3 is 5.32 Å². The van der Waals surface area contributed by atoms with E-state index in [9.17, 15) is 0 Å². The molecule has 2 fully saturated rings. The maximum Gasteiger partial charge on any atom is 0.0651 e. The van der Waals surface area contributed by atoms with Gasteiger partial charge in [0.1, 0.15) is 0 Å². The van der Waals surface area contributed by atoms with Crippen molar-refractivity contribution < 1.29 is 0 Å². The predicted octanol–water partition coefficient (Wildman–Crippen LogP) is 2.48. The standard InChI is InChI=1S/C10H19NS/c1-8-5-9(2)7-10(6-8)11-3-4-12-10/h8-9,11H,3-7H2,1-2H3. The zero-order valence-electron chi connectivity index (χ0n) is 8.10. The topological polar surface area (TPSA) is 12.0 Å². The molecule has 2 heteroatoms. The normalized spacial score (nSPS) is 48.5. The summed E-state index contributed by atoms with van der Waals surface area (Å²) in [6.45, 7) is 6.03. The van der Waals surface area contributed by atoms with Gasteiger partial charge in [-0.3, -0.25) is 0 Å². The summed E-state index contributed by atoms with van der Waals surface area (Å²) >= 11 is 2.16. The van der Waals surface area contributed by atoms with Crippen LogP contribution in [0.2, 0.25) is 0 Å². The van der Waals surface area contributed by atoms with Crippen molar-refractivity contribution in [2.75, 3.05) is 12.3 Å². The SMILES string of the molecule is CC1CC(C)CC2(C1)NCCS2. The second-order valence-electron chi connectivity index (χ2n) is 4.62. The Bertz CT molecular complexity index is 151. The highest BCUT2D eigenvalue weighted by atomic mass is 32.2. The molecule has 0 amide bonds. The van der Waals surface area contributed by atoms with Gasteiger partial charge in [-0.25, -0.2) is 0 Å². The second-order valence-corrected chi connectivity index (χ2v) is 6.10. The van der Waals surface area contributed by atoms with Gasteiger partial charge in [0.25, 0.3) is 0 Å². The van der Waals surface area contributed by atoms with Gasteiger partial charge >= 0.3 is 0 Å². The molecule has 0 aromatic carbocycles. The number of rotatable bonds is 0. The Morgan fingerprint density at radius 3 is 2.42 bits per heavy atom. The van der Waals surface area contributed by atoms with Gasteiger partial charge in [0, 0.05) is 12.3 Å². The molecule has 2 rings (SSSR count). The van der Waals surface area contributed by atoms with E-state index in [0.717, 1.165) is 11.8 Å². The summed E-state index contributed by atoms with van der Waals surface area (Å²) in [5, 5.41) is 3.70. The molecule has 70 valence electrons. The third kappa shape index (κ3) is 1.64. The first-order chi connectivity index (χ1) is 5.70. The molecule has 1 heterocycles. The Kier molecular flexibility index (Phi) is 2.39. The van der Waals surface area contributed by atoms with Crippen LogP contribution in [-0.4, -0.2) is 17.2 Å². The molecule has 1 aliphatic heterocycles. The molecule has 1 nitrogen and oxygen atoms in total. The van der Waals surface area contributed by atoms with Crippen molar-refractivity contribution in [3.63, 3.8) is 0 Å². The fourth-order valence-electron chi connectivity index (χ4n) is 2.90. The van der Waals surface area contributed by atoms with E-state index >= 15 is 0 Å². The molecule has 0 aromatic rings. The summed E-state index contributed by atoms with van der Waals surface area (Å²) in [6.07, 6.45) is 4.22. The smallest absolute Gasteiger partial charge is 0.0651 e. The highest BCUT2D eigenvalue weighted by molar-refractivity contribution is 8.00. The van der Waals surface area contributed by atoms with Crippen molar-refractivity contribution in [1.29, 1.82) is 0 Å². The number of thioether (sulfide) groups is 1. The summed E-state index contributed by atoms with van der Waals surface area (Å²) in [4.78, 5) is 0.483. The van der Waals surface area contributed by atoms with Crippen LogP contribution >= 0.6 is 11.8 Å². The molecule has 1 saturated carbocycles. The fraction of sp³-hybridized carbons (Fsp3) is 1.00. The quantitative estimate of drug-likeness (QED) is 0.622. The van der Waals surface area contributed by atoms with Crippen molar-refractivity contribution in [2.45, 2.75) is 38.0 Å². The van der Waals surface area contributed by atoms with E-state index in [1.54, 1.807) is 0 Å². The molecule has 1 N–H and O–H groups in total. The Balaban J connectivity index is 2.04. The zero-order chi connectivity index (χ0) is 8.60. The Morgan fingerprint density at radius 1 is 1.25 bits per heavy atom. The summed E-state index contributed by atoms with van der Waals surface area (Å²) < 4.78 is 0. The molecule has 1 saturated heterocycles. The summed E-state index contributed by atoms with van der Waals surface area (Å²) in [5.74, 6) is 3.16. The molecular formula is C10H19NS.